The Kier molecular flexibility index (Phi) is 4.33. The lowest BCUT2D eigenvalue weighted by atomic mass is 10.2. The van der Waals surface area contributed by atoms with Gasteiger partial charge in [-0.05, 0) is 25.5 Å². The molecule has 1 saturated heterocycles. The first-order valence-electron chi connectivity index (χ1n) is 7.20. The molecule has 0 spiro atoms. The van der Waals surface area contributed by atoms with Crippen LogP contribution in [-0.2, 0) is 11.8 Å². The maximum absolute atomic E-state index is 12.2. The Morgan fingerprint density at radius 3 is 2.87 bits per heavy atom. The number of amides is 2. The predicted octanol–water partition coefficient (Wildman–Crippen LogP) is -0.0342. The Labute approximate surface area is 136 Å². The third-order valence-corrected chi connectivity index (χ3v) is 4.92. The highest BCUT2D eigenvalue weighted by Crippen LogP contribution is 2.25. The topological polar surface area (TPSA) is 107 Å². The number of rotatable bonds is 3. The monoisotopic (exact) mass is 335 g/mol. The standard InChI is InChI=1S/C13H17N7O2S/c1-8-11(14-18-20(8)10-5-6-19(2)17-10)13(22)16-15-12(21)9-4-3-7-23-9/h5-6,9H,3-4,7H2,1-2H3,(H,15,21)(H,16,22). The van der Waals surface area contributed by atoms with Crippen LogP contribution in [0, 0.1) is 6.92 Å². The van der Waals surface area contributed by atoms with Gasteiger partial charge in [0.15, 0.2) is 11.5 Å². The maximum atomic E-state index is 12.2. The van der Waals surface area contributed by atoms with Gasteiger partial charge in [-0.2, -0.15) is 9.78 Å². The van der Waals surface area contributed by atoms with E-state index < -0.39 is 5.91 Å². The molecule has 1 unspecified atom stereocenters. The molecule has 1 fully saturated rings. The lowest BCUT2D eigenvalue weighted by Gasteiger charge is -2.10. The van der Waals surface area contributed by atoms with Crippen LogP contribution in [0.1, 0.15) is 29.0 Å². The van der Waals surface area contributed by atoms with Gasteiger partial charge in [-0.1, -0.05) is 5.21 Å². The summed E-state index contributed by atoms with van der Waals surface area (Å²) in [5, 5.41) is 11.9. The van der Waals surface area contributed by atoms with Crippen molar-refractivity contribution in [1.82, 2.24) is 35.6 Å². The fourth-order valence-corrected chi connectivity index (χ4v) is 3.48. The molecule has 0 saturated carbocycles. The van der Waals surface area contributed by atoms with E-state index in [1.54, 1.807) is 42.7 Å². The van der Waals surface area contributed by atoms with Crippen LogP contribution in [0.15, 0.2) is 12.3 Å². The number of hydrogen-bond acceptors (Lipinski definition) is 6. The summed E-state index contributed by atoms with van der Waals surface area (Å²) in [6.07, 6.45) is 3.63. The number of thioether (sulfide) groups is 1. The number of nitrogens with zero attached hydrogens (tertiary/aromatic N) is 5. The molecule has 2 aromatic heterocycles. The summed E-state index contributed by atoms with van der Waals surface area (Å²) >= 11 is 1.60. The predicted molar refractivity (Wildman–Crippen MR) is 84.0 cm³/mol. The van der Waals surface area contributed by atoms with E-state index in [9.17, 15) is 9.59 Å². The van der Waals surface area contributed by atoms with Crippen molar-refractivity contribution < 1.29 is 9.59 Å². The summed E-state index contributed by atoms with van der Waals surface area (Å²) in [5.74, 6) is 0.864. The molecule has 0 bridgehead atoms. The Bertz CT molecular complexity index is 733. The number of hydrogen-bond donors (Lipinski definition) is 2. The fraction of sp³-hybridized carbons (Fsp3) is 0.462. The summed E-state index contributed by atoms with van der Waals surface area (Å²) in [6.45, 7) is 1.72. The van der Waals surface area contributed by atoms with Crippen molar-refractivity contribution in [3.63, 3.8) is 0 Å². The largest absolute Gasteiger partial charge is 0.292 e. The van der Waals surface area contributed by atoms with Crippen molar-refractivity contribution in [2.45, 2.75) is 25.0 Å². The molecule has 0 radical (unpaired) electrons. The number of hydrazine groups is 1. The van der Waals surface area contributed by atoms with Crippen molar-refractivity contribution >= 4 is 23.6 Å². The lowest BCUT2D eigenvalue weighted by Crippen LogP contribution is -2.45. The Hall–Kier alpha value is -2.36. The minimum Gasteiger partial charge on any atom is -0.274 e. The third kappa shape index (κ3) is 3.21. The second-order valence-electron chi connectivity index (χ2n) is 5.23. The van der Waals surface area contributed by atoms with E-state index in [1.807, 2.05) is 0 Å². The van der Waals surface area contributed by atoms with E-state index in [-0.39, 0.29) is 16.9 Å². The zero-order valence-corrected chi connectivity index (χ0v) is 13.6. The van der Waals surface area contributed by atoms with Crippen molar-refractivity contribution in [3.05, 3.63) is 23.7 Å². The molecular formula is C13H17N7O2S. The number of aryl methyl sites for hydroxylation is 1. The minimum absolute atomic E-state index is 0.0967. The molecule has 3 heterocycles. The van der Waals surface area contributed by atoms with Gasteiger partial charge in [-0.3, -0.25) is 25.1 Å². The van der Waals surface area contributed by atoms with Crippen LogP contribution < -0.4 is 10.9 Å². The summed E-state index contributed by atoms with van der Waals surface area (Å²) in [4.78, 5) is 24.1. The molecular weight excluding hydrogens is 318 g/mol. The van der Waals surface area contributed by atoms with Crippen LogP contribution in [0.4, 0.5) is 0 Å². The molecule has 9 nitrogen and oxygen atoms in total. The zero-order chi connectivity index (χ0) is 16.4. The molecule has 122 valence electrons. The number of nitrogens with one attached hydrogen (secondary N) is 2. The van der Waals surface area contributed by atoms with Gasteiger partial charge < -0.3 is 0 Å². The maximum Gasteiger partial charge on any atom is 0.292 e. The van der Waals surface area contributed by atoms with Gasteiger partial charge >= 0.3 is 0 Å². The molecule has 2 aromatic rings. The van der Waals surface area contributed by atoms with Crippen LogP contribution in [0.2, 0.25) is 0 Å². The van der Waals surface area contributed by atoms with Crippen molar-refractivity contribution in [2.24, 2.45) is 7.05 Å². The van der Waals surface area contributed by atoms with Gasteiger partial charge in [0.2, 0.25) is 0 Å². The number of carbonyl (C=O) groups is 2. The van der Waals surface area contributed by atoms with E-state index >= 15 is 0 Å². The van der Waals surface area contributed by atoms with E-state index in [0.717, 1.165) is 18.6 Å². The van der Waals surface area contributed by atoms with E-state index in [0.29, 0.717) is 11.5 Å². The van der Waals surface area contributed by atoms with E-state index in [2.05, 4.69) is 26.3 Å². The number of aromatic nitrogens is 5. The first-order valence-corrected chi connectivity index (χ1v) is 8.25. The summed E-state index contributed by atoms with van der Waals surface area (Å²) in [7, 11) is 1.79. The molecule has 0 aliphatic carbocycles. The van der Waals surface area contributed by atoms with Crippen LogP contribution in [-0.4, -0.2) is 47.6 Å². The second-order valence-corrected chi connectivity index (χ2v) is 6.54. The van der Waals surface area contributed by atoms with Crippen LogP contribution >= 0.6 is 11.8 Å². The normalized spacial score (nSPS) is 17.2. The summed E-state index contributed by atoms with van der Waals surface area (Å²) < 4.78 is 3.11. The molecule has 23 heavy (non-hydrogen) atoms. The lowest BCUT2D eigenvalue weighted by molar-refractivity contribution is -0.121. The van der Waals surface area contributed by atoms with Gasteiger partial charge in [0.1, 0.15) is 0 Å². The third-order valence-electron chi connectivity index (χ3n) is 3.55. The Balaban J connectivity index is 1.66. The summed E-state index contributed by atoms with van der Waals surface area (Å²) in [5.41, 5.74) is 5.54. The van der Waals surface area contributed by atoms with E-state index in [1.165, 1.54) is 4.68 Å². The highest BCUT2D eigenvalue weighted by molar-refractivity contribution is 8.00. The molecule has 3 rings (SSSR count). The zero-order valence-electron chi connectivity index (χ0n) is 12.8. The molecule has 10 heteroatoms. The molecule has 1 atom stereocenters. The van der Waals surface area contributed by atoms with Crippen LogP contribution in [0.5, 0.6) is 0 Å². The molecule has 2 amide bonds. The first-order chi connectivity index (χ1) is 11.1. The molecule has 1 aliphatic heterocycles. The smallest absolute Gasteiger partial charge is 0.274 e. The Morgan fingerprint density at radius 2 is 2.22 bits per heavy atom. The summed E-state index contributed by atoms with van der Waals surface area (Å²) in [6, 6.07) is 1.77. The minimum atomic E-state index is -0.499. The average molecular weight is 335 g/mol. The highest BCUT2D eigenvalue weighted by atomic mass is 32.2. The van der Waals surface area contributed by atoms with Crippen molar-refractivity contribution in [2.75, 3.05) is 5.75 Å². The fourth-order valence-electron chi connectivity index (χ4n) is 2.31. The first kappa shape index (κ1) is 15.5. The average Bonchev–Trinajstić information content (AvgIpc) is 3.25. The van der Waals surface area contributed by atoms with E-state index in [4.69, 9.17) is 0 Å². The van der Waals surface area contributed by atoms with Crippen molar-refractivity contribution in [1.29, 1.82) is 0 Å². The van der Waals surface area contributed by atoms with Gasteiger partial charge in [0.25, 0.3) is 11.8 Å². The van der Waals surface area contributed by atoms with Gasteiger partial charge in [-0.15, -0.1) is 16.9 Å². The highest BCUT2D eigenvalue weighted by Gasteiger charge is 2.24. The second kappa shape index (κ2) is 6.41. The van der Waals surface area contributed by atoms with Crippen molar-refractivity contribution in [3.8, 4) is 5.82 Å². The Morgan fingerprint density at radius 1 is 1.39 bits per heavy atom. The van der Waals surface area contributed by atoms with Crippen LogP contribution in [0.3, 0.4) is 0 Å². The number of carbonyl (C=O) groups excluding carboxylic acids is 2. The molecule has 2 N–H and O–H groups in total. The van der Waals surface area contributed by atoms with Crippen LogP contribution in [0.25, 0.3) is 5.82 Å². The SMILES string of the molecule is Cc1c(C(=O)NNC(=O)C2CCCS2)nnn1-c1ccn(C)n1. The quantitative estimate of drug-likeness (QED) is 0.763. The van der Waals surface area contributed by atoms with Gasteiger partial charge in [0, 0.05) is 19.3 Å². The molecule has 0 aromatic carbocycles. The molecule has 1 aliphatic rings. The van der Waals surface area contributed by atoms with Gasteiger partial charge in [0.05, 0.1) is 10.9 Å². The van der Waals surface area contributed by atoms with Gasteiger partial charge in [-0.25, -0.2) is 0 Å².